The number of aromatic nitrogens is 2. The first-order chi connectivity index (χ1) is 15.6. The van der Waals surface area contributed by atoms with Crippen molar-refractivity contribution in [3.05, 3.63) is 77.0 Å². The van der Waals surface area contributed by atoms with Gasteiger partial charge in [-0.2, -0.15) is 0 Å². The lowest BCUT2D eigenvalue weighted by Gasteiger charge is -2.26. The van der Waals surface area contributed by atoms with E-state index in [0.29, 0.717) is 28.2 Å². The first kappa shape index (κ1) is 20.1. The zero-order valence-corrected chi connectivity index (χ0v) is 17.8. The molecule has 1 aliphatic rings. The van der Waals surface area contributed by atoms with Crippen LogP contribution in [0.4, 0.5) is 0 Å². The summed E-state index contributed by atoms with van der Waals surface area (Å²) in [4.78, 5) is 27.6. The smallest absolute Gasteiger partial charge is 0.262 e. The Morgan fingerprint density at radius 1 is 1.06 bits per heavy atom. The predicted octanol–water partition coefficient (Wildman–Crippen LogP) is 4.61. The van der Waals surface area contributed by atoms with Gasteiger partial charge in [0.05, 0.1) is 17.3 Å². The molecule has 4 aromatic rings. The van der Waals surface area contributed by atoms with Crippen molar-refractivity contribution in [1.29, 1.82) is 0 Å². The van der Waals surface area contributed by atoms with Crippen molar-refractivity contribution in [2.45, 2.75) is 19.3 Å². The highest BCUT2D eigenvalue weighted by Gasteiger charge is 2.19. The summed E-state index contributed by atoms with van der Waals surface area (Å²) in [6, 6.07) is 13.1. The second-order valence-electron chi connectivity index (χ2n) is 8.03. The van der Waals surface area contributed by atoms with Gasteiger partial charge in [-0.1, -0.05) is 17.3 Å². The highest BCUT2D eigenvalue weighted by atomic mass is 16.5. The number of rotatable bonds is 4. The maximum atomic E-state index is 12.9. The molecule has 2 aromatic carbocycles. The van der Waals surface area contributed by atoms with Crippen LogP contribution >= 0.6 is 0 Å². The second-order valence-corrected chi connectivity index (χ2v) is 8.03. The minimum atomic E-state index is -0.208. The number of pyridine rings is 1. The van der Waals surface area contributed by atoms with Crippen molar-refractivity contribution >= 4 is 16.7 Å². The van der Waals surface area contributed by atoms with Gasteiger partial charge in [0.15, 0.2) is 0 Å². The van der Waals surface area contributed by atoms with Crippen molar-refractivity contribution in [2.75, 3.05) is 13.1 Å². The molecule has 0 N–H and O–H groups in total. The van der Waals surface area contributed by atoms with Crippen molar-refractivity contribution in [3.8, 4) is 22.6 Å². The van der Waals surface area contributed by atoms with E-state index in [4.69, 9.17) is 9.26 Å². The van der Waals surface area contributed by atoms with Crippen LogP contribution in [0.2, 0.25) is 0 Å². The van der Waals surface area contributed by atoms with Gasteiger partial charge in [-0.05, 0) is 55.0 Å². The molecule has 0 saturated carbocycles. The van der Waals surface area contributed by atoms with E-state index in [2.05, 4.69) is 5.16 Å². The zero-order chi connectivity index (χ0) is 22.1. The number of piperidine rings is 1. The largest absolute Gasteiger partial charge is 0.456 e. The Labute approximate surface area is 184 Å². The molecular formula is C25H23N3O4. The van der Waals surface area contributed by atoms with E-state index >= 15 is 0 Å². The third-order valence-electron chi connectivity index (χ3n) is 5.90. The average molecular weight is 429 g/mol. The fraction of sp³-hybridized carbons (Fsp3) is 0.240. The number of nitrogens with zero attached hydrogens (tertiary/aromatic N) is 3. The van der Waals surface area contributed by atoms with E-state index in [1.54, 1.807) is 19.3 Å². The molecule has 0 unspecified atom stereocenters. The first-order valence-corrected chi connectivity index (χ1v) is 10.7. The van der Waals surface area contributed by atoms with Crippen LogP contribution < -0.4 is 10.3 Å². The average Bonchev–Trinajstić information content (AvgIpc) is 3.36. The van der Waals surface area contributed by atoms with Crippen LogP contribution in [0.3, 0.4) is 0 Å². The molecule has 3 heterocycles. The van der Waals surface area contributed by atoms with Crippen LogP contribution in [0, 0.1) is 0 Å². The molecule has 5 rings (SSSR count). The number of fused-ring (bicyclic) bond motifs is 1. The Morgan fingerprint density at radius 3 is 2.69 bits per heavy atom. The fourth-order valence-corrected chi connectivity index (χ4v) is 4.17. The number of carbonyl (C=O) groups is 1. The molecule has 7 nitrogen and oxygen atoms in total. The fourth-order valence-electron chi connectivity index (χ4n) is 4.17. The van der Waals surface area contributed by atoms with Crippen molar-refractivity contribution in [2.24, 2.45) is 7.05 Å². The third kappa shape index (κ3) is 3.66. The third-order valence-corrected chi connectivity index (χ3v) is 5.90. The van der Waals surface area contributed by atoms with Crippen molar-refractivity contribution in [3.63, 3.8) is 0 Å². The van der Waals surface area contributed by atoms with E-state index in [0.717, 1.165) is 36.7 Å². The summed E-state index contributed by atoms with van der Waals surface area (Å²) in [6.45, 7) is 1.63. The molecule has 1 fully saturated rings. The Kier molecular flexibility index (Phi) is 5.23. The monoisotopic (exact) mass is 429 g/mol. The number of aryl methyl sites for hydroxylation is 1. The molecule has 7 heteroatoms. The molecule has 0 radical (unpaired) electrons. The van der Waals surface area contributed by atoms with E-state index in [1.165, 1.54) is 23.4 Å². The van der Waals surface area contributed by atoms with Crippen LogP contribution in [0.15, 0.2) is 70.4 Å². The van der Waals surface area contributed by atoms with E-state index in [1.807, 2.05) is 41.3 Å². The lowest BCUT2D eigenvalue weighted by Crippen LogP contribution is -2.35. The topological polar surface area (TPSA) is 77.6 Å². The second kappa shape index (κ2) is 8.34. The molecule has 0 atom stereocenters. The number of amides is 1. The molecule has 0 aliphatic carbocycles. The molecule has 1 amide bonds. The van der Waals surface area contributed by atoms with E-state index in [9.17, 15) is 9.59 Å². The minimum absolute atomic E-state index is 0.0687. The van der Waals surface area contributed by atoms with Gasteiger partial charge in [0.2, 0.25) is 0 Å². The lowest BCUT2D eigenvalue weighted by atomic mass is 10.0. The number of hydrogen-bond acceptors (Lipinski definition) is 5. The van der Waals surface area contributed by atoms with Crippen molar-refractivity contribution < 1.29 is 14.1 Å². The zero-order valence-electron chi connectivity index (χ0n) is 17.8. The van der Waals surface area contributed by atoms with Crippen LogP contribution in [0.25, 0.3) is 21.9 Å². The molecule has 162 valence electrons. The normalized spacial score (nSPS) is 14.0. The van der Waals surface area contributed by atoms with Gasteiger partial charge in [-0.15, -0.1) is 0 Å². The van der Waals surface area contributed by atoms with Gasteiger partial charge >= 0.3 is 0 Å². The van der Waals surface area contributed by atoms with Gasteiger partial charge in [0.1, 0.15) is 17.8 Å². The Hall–Kier alpha value is -3.87. The van der Waals surface area contributed by atoms with Crippen molar-refractivity contribution in [1.82, 2.24) is 14.6 Å². The Bertz CT molecular complexity index is 1340. The van der Waals surface area contributed by atoms with E-state index in [-0.39, 0.29) is 11.5 Å². The SMILES string of the molecule is Cn1ccc(Oc2cccc3cc(C(=O)N4CCCCC4)ccc23)c(-c2cnoc2)c1=O. The van der Waals surface area contributed by atoms with Crippen LogP contribution in [-0.4, -0.2) is 33.6 Å². The number of likely N-dealkylation sites (tertiary alicyclic amines) is 1. The molecular weight excluding hydrogens is 406 g/mol. The highest BCUT2D eigenvalue weighted by molar-refractivity contribution is 6.00. The van der Waals surface area contributed by atoms with Crippen LogP contribution in [0.5, 0.6) is 11.5 Å². The lowest BCUT2D eigenvalue weighted by molar-refractivity contribution is 0.0724. The number of benzene rings is 2. The molecule has 1 saturated heterocycles. The number of hydrogen-bond donors (Lipinski definition) is 0. The summed E-state index contributed by atoms with van der Waals surface area (Å²) in [5.74, 6) is 1.09. The maximum Gasteiger partial charge on any atom is 0.262 e. The highest BCUT2D eigenvalue weighted by Crippen LogP contribution is 2.34. The summed E-state index contributed by atoms with van der Waals surface area (Å²) >= 11 is 0. The summed E-state index contributed by atoms with van der Waals surface area (Å²) in [7, 11) is 1.68. The first-order valence-electron chi connectivity index (χ1n) is 10.7. The summed E-state index contributed by atoms with van der Waals surface area (Å²) in [5.41, 5.74) is 1.40. The van der Waals surface area contributed by atoms with Gasteiger partial charge in [-0.25, -0.2) is 0 Å². The summed E-state index contributed by atoms with van der Waals surface area (Å²) in [6.07, 6.45) is 7.87. The van der Waals surface area contributed by atoms with Gasteiger partial charge in [-0.3, -0.25) is 9.59 Å². The number of ether oxygens (including phenoxy) is 1. The molecule has 0 spiro atoms. The molecule has 2 aromatic heterocycles. The van der Waals surface area contributed by atoms with Gasteiger partial charge < -0.3 is 18.7 Å². The molecule has 1 aliphatic heterocycles. The minimum Gasteiger partial charge on any atom is -0.456 e. The standard InChI is InChI=1S/C25H23N3O4/c1-27-13-10-22(23(25(27)30)19-15-26-31-16-19)32-21-7-5-6-17-14-18(8-9-20(17)21)24(29)28-11-3-2-4-12-28/h5-10,13-16H,2-4,11-12H2,1H3. The van der Waals surface area contributed by atoms with Crippen LogP contribution in [-0.2, 0) is 7.05 Å². The molecule has 32 heavy (non-hydrogen) atoms. The summed E-state index contributed by atoms with van der Waals surface area (Å²) < 4.78 is 12.6. The maximum absolute atomic E-state index is 12.9. The summed E-state index contributed by atoms with van der Waals surface area (Å²) in [5, 5.41) is 5.48. The Balaban J connectivity index is 1.52. The quantitative estimate of drug-likeness (QED) is 0.473. The number of carbonyl (C=O) groups excluding carboxylic acids is 1. The van der Waals surface area contributed by atoms with Crippen LogP contribution in [0.1, 0.15) is 29.6 Å². The van der Waals surface area contributed by atoms with E-state index < -0.39 is 0 Å². The van der Waals surface area contributed by atoms with Gasteiger partial charge in [0.25, 0.3) is 11.5 Å². The Morgan fingerprint density at radius 2 is 1.91 bits per heavy atom. The van der Waals surface area contributed by atoms with Gasteiger partial charge in [0, 0.05) is 37.3 Å². The molecule has 0 bridgehead atoms. The predicted molar refractivity (Wildman–Crippen MR) is 121 cm³/mol.